The van der Waals surface area contributed by atoms with Crippen LogP contribution < -0.4 is 4.72 Å². The van der Waals surface area contributed by atoms with Gasteiger partial charge in [-0.1, -0.05) is 34.8 Å². The van der Waals surface area contributed by atoms with Crippen molar-refractivity contribution in [2.75, 3.05) is 4.72 Å². The highest BCUT2D eigenvalue weighted by molar-refractivity contribution is 7.92. The lowest BCUT2D eigenvalue weighted by Gasteiger charge is -2.11. The molecular formula is C11H5Cl3N4O2S. The molecule has 1 aromatic carbocycles. The van der Waals surface area contributed by atoms with E-state index in [2.05, 4.69) is 14.7 Å². The van der Waals surface area contributed by atoms with E-state index in [4.69, 9.17) is 40.1 Å². The first-order valence-electron chi connectivity index (χ1n) is 5.23. The van der Waals surface area contributed by atoms with Crippen LogP contribution in [0.4, 0.5) is 5.69 Å². The quantitative estimate of drug-likeness (QED) is 0.845. The maximum absolute atomic E-state index is 12.3. The van der Waals surface area contributed by atoms with Gasteiger partial charge in [-0.05, 0) is 18.2 Å². The first-order valence-corrected chi connectivity index (χ1v) is 7.85. The third-order valence-corrected chi connectivity index (χ3v) is 4.75. The van der Waals surface area contributed by atoms with Crippen molar-refractivity contribution in [1.29, 1.82) is 5.26 Å². The zero-order chi connectivity index (χ0) is 15.6. The molecule has 1 heterocycles. The largest absolute Gasteiger partial charge is 0.274 e. The molecule has 0 saturated carbocycles. The number of rotatable bonds is 3. The van der Waals surface area contributed by atoms with Crippen LogP contribution in [-0.4, -0.2) is 18.4 Å². The Morgan fingerprint density at radius 3 is 2.29 bits per heavy atom. The predicted molar refractivity (Wildman–Crippen MR) is 79.0 cm³/mol. The van der Waals surface area contributed by atoms with Gasteiger partial charge in [-0.25, -0.2) is 18.4 Å². The number of anilines is 1. The summed E-state index contributed by atoms with van der Waals surface area (Å²) in [6.45, 7) is 0. The van der Waals surface area contributed by atoms with E-state index in [0.29, 0.717) is 0 Å². The molecule has 0 aliphatic carbocycles. The molecule has 0 atom stereocenters. The minimum absolute atomic E-state index is 0.106. The lowest BCUT2D eigenvalue weighted by Crippen LogP contribution is -2.15. The molecule has 0 aliphatic rings. The van der Waals surface area contributed by atoms with E-state index < -0.39 is 10.0 Å². The molecule has 0 saturated heterocycles. The Morgan fingerprint density at radius 1 is 1.14 bits per heavy atom. The average Bonchev–Trinajstić information content (AvgIpc) is 2.42. The van der Waals surface area contributed by atoms with E-state index in [1.54, 1.807) is 0 Å². The third kappa shape index (κ3) is 3.36. The molecule has 108 valence electrons. The van der Waals surface area contributed by atoms with Gasteiger partial charge in [-0.15, -0.1) is 0 Å². The van der Waals surface area contributed by atoms with E-state index in [9.17, 15) is 8.42 Å². The summed E-state index contributed by atoms with van der Waals surface area (Å²) in [6, 6.07) is 5.62. The van der Waals surface area contributed by atoms with Gasteiger partial charge in [-0.2, -0.15) is 5.26 Å². The van der Waals surface area contributed by atoms with Crippen LogP contribution in [-0.2, 0) is 10.0 Å². The Labute approximate surface area is 135 Å². The summed E-state index contributed by atoms with van der Waals surface area (Å²) in [5.74, 6) is 0. The van der Waals surface area contributed by atoms with Crippen molar-refractivity contribution in [2.45, 2.75) is 4.90 Å². The molecule has 10 heteroatoms. The van der Waals surface area contributed by atoms with Crippen LogP contribution in [0, 0.1) is 11.3 Å². The predicted octanol–water partition coefficient (Wildman–Crippen LogP) is 3.11. The number of nitrogens with zero attached hydrogens (tertiary/aromatic N) is 3. The summed E-state index contributed by atoms with van der Waals surface area (Å²) < 4.78 is 26.7. The highest BCUT2D eigenvalue weighted by atomic mass is 35.5. The maximum atomic E-state index is 12.3. The molecule has 0 bridgehead atoms. The zero-order valence-electron chi connectivity index (χ0n) is 10.0. The molecule has 0 spiro atoms. The van der Waals surface area contributed by atoms with Gasteiger partial charge in [0.2, 0.25) is 0 Å². The molecule has 0 radical (unpaired) electrons. The molecular weight excluding hydrogens is 359 g/mol. The molecule has 6 nitrogen and oxygen atoms in total. The monoisotopic (exact) mass is 362 g/mol. The average molecular weight is 364 g/mol. The summed E-state index contributed by atoms with van der Waals surface area (Å²) in [5, 5.41) is 8.33. The topological polar surface area (TPSA) is 95.7 Å². The first kappa shape index (κ1) is 15.8. The van der Waals surface area contributed by atoms with Crippen molar-refractivity contribution in [2.24, 2.45) is 0 Å². The Hall–Kier alpha value is -1.59. The van der Waals surface area contributed by atoms with Gasteiger partial charge in [0, 0.05) is 0 Å². The van der Waals surface area contributed by atoms with E-state index in [1.807, 2.05) is 6.07 Å². The second-order valence-electron chi connectivity index (χ2n) is 3.69. The summed E-state index contributed by atoms with van der Waals surface area (Å²) in [7, 11) is -4.05. The SMILES string of the molecule is N#Cc1ccc(S(=O)(=O)Nc2c(Cl)ncnc2Cl)c(Cl)c1. The number of sulfonamides is 1. The van der Waals surface area contributed by atoms with Crippen molar-refractivity contribution in [3.63, 3.8) is 0 Å². The Bertz CT molecular complexity index is 829. The number of nitriles is 1. The van der Waals surface area contributed by atoms with Crippen LogP contribution in [0.3, 0.4) is 0 Å². The molecule has 0 amide bonds. The Balaban J connectivity index is 2.47. The zero-order valence-corrected chi connectivity index (χ0v) is 13.1. The molecule has 2 rings (SSSR count). The van der Waals surface area contributed by atoms with Crippen molar-refractivity contribution in [3.8, 4) is 6.07 Å². The van der Waals surface area contributed by atoms with Crippen LogP contribution in [0.5, 0.6) is 0 Å². The molecule has 0 aliphatic heterocycles. The summed E-state index contributed by atoms with van der Waals surface area (Å²) in [4.78, 5) is 7.05. The van der Waals surface area contributed by atoms with E-state index >= 15 is 0 Å². The number of halogens is 3. The van der Waals surface area contributed by atoms with Gasteiger partial charge in [-0.3, -0.25) is 4.72 Å². The number of benzene rings is 1. The highest BCUT2D eigenvalue weighted by Crippen LogP contribution is 2.30. The lowest BCUT2D eigenvalue weighted by molar-refractivity contribution is 0.601. The fourth-order valence-electron chi connectivity index (χ4n) is 1.41. The minimum atomic E-state index is -4.05. The maximum Gasteiger partial charge on any atom is 0.263 e. The standard InChI is InChI=1S/C11H5Cl3N4O2S/c12-7-3-6(4-15)1-2-8(7)21(19,20)18-9-10(13)16-5-17-11(9)14/h1-3,5,18H. The third-order valence-electron chi connectivity index (χ3n) is 2.34. The number of nitrogens with one attached hydrogen (secondary N) is 1. The normalized spacial score (nSPS) is 11.0. The number of hydrogen-bond donors (Lipinski definition) is 1. The lowest BCUT2D eigenvalue weighted by atomic mass is 10.2. The smallest absolute Gasteiger partial charge is 0.263 e. The molecule has 2 aromatic rings. The second kappa shape index (κ2) is 6.03. The van der Waals surface area contributed by atoms with Gasteiger partial charge < -0.3 is 0 Å². The fraction of sp³-hybridized carbons (Fsp3) is 0. The van der Waals surface area contributed by atoms with Crippen LogP contribution >= 0.6 is 34.8 Å². The van der Waals surface area contributed by atoms with E-state index in [0.717, 1.165) is 6.33 Å². The fourth-order valence-corrected chi connectivity index (χ4v) is 3.55. The minimum Gasteiger partial charge on any atom is -0.274 e. The van der Waals surface area contributed by atoms with Gasteiger partial charge in [0.25, 0.3) is 10.0 Å². The van der Waals surface area contributed by atoms with Crippen molar-refractivity contribution < 1.29 is 8.42 Å². The molecule has 1 N–H and O–H groups in total. The summed E-state index contributed by atoms with van der Waals surface area (Å²) in [6.07, 6.45) is 1.09. The van der Waals surface area contributed by atoms with Crippen molar-refractivity contribution in [3.05, 3.63) is 45.4 Å². The van der Waals surface area contributed by atoms with Crippen LogP contribution in [0.2, 0.25) is 15.3 Å². The van der Waals surface area contributed by atoms with Gasteiger partial charge in [0.15, 0.2) is 10.3 Å². The van der Waals surface area contributed by atoms with Gasteiger partial charge in [0.1, 0.15) is 16.9 Å². The number of hydrogen-bond acceptors (Lipinski definition) is 5. The molecule has 21 heavy (non-hydrogen) atoms. The Kier molecular flexibility index (Phi) is 4.54. The van der Waals surface area contributed by atoms with Crippen molar-refractivity contribution in [1.82, 2.24) is 9.97 Å². The first-order chi connectivity index (χ1) is 9.85. The summed E-state index contributed by atoms with van der Waals surface area (Å²) >= 11 is 17.4. The number of aromatic nitrogens is 2. The van der Waals surface area contributed by atoms with Crippen molar-refractivity contribution >= 4 is 50.5 Å². The van der Waals surface area contributed by atoms with Gasteiger partial charge in [0.05, 0.1) is 16.7 Å². The second-order valence-corrected chi connectivity index (χ2v) is 6.47. The molecule has 1 aromatic heterocycles. The van der Waals surface area contributed by atoms with Gasteiger partial charge >= 0.3 is 0 Å². The highest BCUT2D eigenvalue weighted by Gasteiger charge is 2.21. The Morgan fingerprint density at radius 2 is 1.76 bits per heavy atom. The van der Waals surface area contributed by atoms with Crippen LogP contribution in [0.1, 0.15) is 5.56 Å². The van der Waals surface area contributed by atoms with E-state index in [1.165, 1.54) is 18.2 Å². The molecule has 0 unspecified atom stereocenters. The van der Waals surface area contributed by atoms with Crippen LogP contribution in [0.25, 0.3) is 0 Å². The summed E-state index contributed by atoms with van der Waals surface area (Å²) in [5.41, 5.74) is 0.0827. The van der Waals surface area contributed by atoms with Crippen LogP contribution in [0.15, 0.2) is 29.4 Å². The van der Waals surface area contributed by atoms with E-state index in [-0.39, 0.29) is 31.5 Å². The molecule has 0 fully saturated rings.